The van der Waals surface area contributed by atoms with Crippen LogP contribution in [-0.2, 0) is 21.7 Å². The normalized spacial score (nSPS) is 12.0. The van der Waals surface area contributed by atoms with Crippen LogP contribution in [0.5, 0.6) is 0 Å². The molecule has 0 fully saturated rings. The summed E-state index contributed by atoms with van der Waals surface area (Å²) in [6, 6.07) is 23.2. The maximum atomic E-state index is 2.68. The van der Waals surface area contributed by atoms with Crippen molar-refractivity contribution in [3.8, 4) is 0 Å². The van der Waals surface area contributed by atoms with Crippen molar-refractivity contribution in [3.05, 3.63) is 93.5 Å². The van der Waals surface area contributed by atoms with E-state index in [0.717, 1.165) is 0 Å². The van der Waals surface area contributed by atoms with E-state index in [4.69, 9.17) is 0 Å². The summed E-state index contributed by atoms with van der Waals surface area (Å²) >= 11 is 0. The predicted octanol–water partition coefficient (Wildman–Crippen LogP) is -2.41. The second kappa shape index (κ2) is 16.2. The van der Waals surface area contributed by atoms with E-state index in [1.54, 1.807) is 36.3 Å². The molecule has 0 atom stereocenters. The van der Waals surface area contributed by atoms with Crippen LogP contribution in [0, 0.1) is 48.5 Å². The SMILES string of the molecule is Cc1cc([Si](C)(C)C)cc([Si](c2cc(C)cc([Si](C)(C)C)c2)(c2cc(C)cc([Si](C)(C)C)c2)[c-]2c(C)c(C)c(C)c2C)c1.[Cl-].[Cl-].[Cl-].[Ti+4]. The minimum atomic E-state index is -2.76. The van der Waals surface area contributed by atoms with Gasteiger partial charge in [0.05, 0.1) is 24.2 Å². The molecule has 0 heterocycles. The molecule has 0 aliphatic rings. The molecule has 0 unspecified atom stereocenters. The van der Waals surface area contributed by atoms with Crippen LogP contribution in [0.15, 0.2) is 54.6 Å². The van der Waals surface area contributed by atoms with E-state index in [-0.39, 0.29) is 58.9 Å². The standard InChI is InChI=1S/C39H57Si4.3ClH.Ti/c1-26-17-33(40(8,9)10)23-36(20-26)43(39-31(6)29(4)30(5)32(39)7,37-21-27(2)18-34(24-37)41(11,12)13)38-22-28(3)19-35(25-38)42(14,15)16;;;;/h17-25H,1-16H3;3*1H;/q-1;;;;+4/p-3. The molecule has 0 spiro atoms. The molecular weight excluding hydrogens is 735 g/mol. The largest absolute Gasteiger partial charge is 4.00 e. The molecule has 0 aromatic heterocycles. The summed E-state index contributed by atoms with van der Waals surface area (Å²) in [5, 5.41) is 11.1. The molecule has 0 aliphatic heterocycles. The summed E-state index contributed by atoms with van der Waals surface area (Å²) in [5.74, 6) is 0. The van der Waals surface area contributed by atoms with Gasteiger partial charge in [0.15, 0.2) is 0 Å². The molecule has 47 heavy (non-hydrogen) atoms. The fourth-order valence-corrected chi connectivity index (χ4v) is 17.0. The van der Waals surface area contributed by atoms with Crippen molar-refractivity contribution in [1.82, 2.24) is 0 Å². The molecule has 0 amide bonds. The second-order valence-electron chi connectivity index (χ2n) is 16.6. The molecular formula is C39H57Cl3Si4Ti. The van der Waals surface area contributed by atoms with E-state index < -0.39 is 32.3 Å². The summed E-state index contributed by atoms with van der Waals surface area (Å²) in [4.78, 5) is 0. The van der Waals surface area contributed by atoms with Gasteiger partial charge in [-0.1, -0.05) is 189 Å². The summed E-state index contributed by atoms with van der Waals surface area (Å²) < 4.78 is 0. The van der Waals surface area contributed by atoms with Crippen LogP contribution in [0.3, 0.4) is 0 Å². The monoisotopic (exact) mass is 790 g/mol. The average Bonchev–Trinajstić information content (AvgIpc) is 3.05. The van der Waals surface area contributed by atoms with Crippen LogP contribution >= 0.6 is 0 Å². The molecule has 0 saturated heterocycles. The third-order valence-electron chi connectivity index (χ3n) is 9.94. The summed E-state index contributed by atoms with van der Waals surface area (Å²) in [5.41, 5.74) is 10.2. The fraction of sp³-hybridized carbons (Fsp3) is 0.410. The van der Waals surface area contributed by atoms with E-state index in [0.29, 0.717) is 0 Å². The molecule has 4 rings (SSSR count). The Morgan fingerprint density at radius 2 is 0.574 bits per heavy atom. The minimum Gasteiger partial charge on any atom is -1.00 e. The van der Waals surface area contributed by atoms with Gasteiger partial charge >= 0.3 is 21.7 Å². The van der Waals surface area contributed by atoms with Crippen molar-refractivity contribution >= 4 is 68.6 Å². The fourth-order valence-electron chi connectivity index (χ4n) is 7.01. The van der Waals surface area contributed by atoms with E-state index in [2.05, 4.69) is 162 Å². The number of rotatable bonds is 7. The number of hydrogen-bond acceptors (Lipinski definition) is 0. The Hall–Kier alpha value is -0.538. The van der Waals surface area contributed by atoms with E-state index >= 15 is 0 Å². The van der Waals surface area contributed by atoms with E-state index in [1.165, 1.54) is 38.9 Å². The Kier molecular flexibility index (Phi) is 16.0. The van der Waals surface area contributed by atoms with Crippen LogP contribution in [-0.4, -0.2) is 32.3 Å². The van der Waals surface area contributed by atoms with Crippen molar-refractivity contribution in [2.24, 2.45) is 0 Å². The Morgan fingerprint density at radius 3 is 0.787 bits per heavy atom. The van der Waals surface area contributed by atoms with E-state index in [9.17, 15) is 0 Å². The topological polar surface area (TPSA) is 0 Å². The maximum absolute atomic E-state index is 2.76. The van der Waals surface area contributed by atoms with Crippen LogP contribution < -0.4 is 73.5 Å². The van der Waals surface area contributed by atoms with Crippen LogP contribution in [0.1, 0.15) is 38.9 Å². The molecule has 254 valence electrons. The van der Waals surface area contributed by atoms with Crippen molar-refractivity contribution in [1.29, 1.82) is 0 Å². The third kappa shape index (κ3) is 9.04. The van der Waals surface area contributed by atoms with E-state index in [1.807, 2.05) is 0 Å². The molecule has 0 bridgehead atoms. The van der Waals surface area contributed by atoms with Crippen molar-refractivity contribution < 1.29 is 58.9 Å². The molecule has 0 radical (unpaired) electrons. The molecule has 0 nitrogen and oxygen atoms in total. The van der Waals surface area contributed by atoms with Gasteiger partial charge in [-0.15, -0.1) is 5.19 Å². The molecule has 0 N–H and O–H groups in total. The second-order valence-corrected chi connectivity index (χ2v) is 35.6. The zero-order valence-electron chi connectivity index (χ0n) is 31.8. The summed E-state index contributed by atoms with van der Waals surface area (Å²) in [6.45, 7) is 39.1. The number of benzene rings is 3. The first kappa shape index (κ1) is 46.5. The first-order chi connectivity index (χ1) is 19.6. The zero-order valence-corrected chi connectivity index (χ0v) is 39.7. The van der Waals surface area contributed by atoms with Crippen molar-refractivity contribution in [2.45, 2.75) is 107 Å². The molecule has 0 saturated carbocycles. The van der Waals surface area contributed by atoms with Crippen LogP contribution in [0.25, 0.3) is 0 Å². The van der Waals surface area contributed by atoms with Crippen LogP contribution in [0.2, 0.25) is 58.9 Å². The Labute approximate surface area is 325 Å². The van der Waals surface area contributed by atoms with Gasteiger partial charge in [-0.05, 0) is 20.8 Å². The number of aryl methyl sites for hydroxylation is 3. The quantitative estimate of drug-likeness (QED) is 0.111. The Bertz CT molecular complexity index is 1520. The van der Waals surface area contributed by atoms with Gasteiger partial charge in [-0.2, -0.15) is 22.3 Å². The molecule has 8 heteroatoms. The summed E-state index contributed by atoms with van der Waals surface area (Å²) in [7, 11) is -7.49. The van der Waals surface area contributed by atoms with Crippen molar-refractivity contribution in [3.63, 3.8) is 0 Å². The van der Waals surface area contributed by atoms with Gasteiger partial charge in [0, 0.05) is 0 Å². The first-order valence-corrected chi connectivity index (χ1v) is 28.7. The van der Waals surface area contributed by atoms with Crippen molar-refractivity contribution in [2.75, 3.05) is 0 Å². The predicted molar refractivity (Wildman–Crippen MR) is 208 cm³/mol. The smallest absolute Gasteiger partial charge is 1.00 e. The van der Waals surface area contributed by atoms with Gasteiger partial charge in [0.2, 0.25) is 0 Å². The molecule has 0 aliphatic carbocycles. The Morgan fingerprint density at radius 1 is 0.362 bits per heavy atom. The Balaban J connectivity index is 0.00000529. The maximum Gasteiger partial charge on any atom is 4.00 e. The third-order valence-corrected chi connectivity index (χ3v) is 21.0. The minimum absolute atomic E-state index is 0. The zero-order chi connectivity index (χ0) is 32.4. The number of halogens is 3. The molecule has 4 aromatic rings. The van der Waals surface area contributed by atoms with Gasteiger partial charge in [-0.3, -0.25) is 0 Å². The molecule has 4 aromatic carbocycles. The van der Waals surface area contributed by atoms with Gasteiger partial charge in [-0.25, -0.2) is 0 Å². The van der Waals surface area contributed by atoms with Crippen LogP contribution in [0.4, 0.5) is 0 Å². The average molecular weight is 792 g/mol. The van der Waals surface area contributed by atoms with Gasteiger partial charge in [0.1, 0.15) is 8.07 Å². The first-order valence-electron chi connectivity index (χ1n) is 16.2. The van der Waals surface area contributed by atoms with Gasteiger partial charge < -0.3 is 37.2 Å². The summed E-state index contributed by atoms with van der Waals surface area (Å²) in [6.07, 6.45) is 0. The van der Waals surface area contributed by atoms with Gasteiger partial charge in [0.25, 0.3) is 0 Å². The number of hydrogen-bond donors (Lipinski definition) is 0.